The highest BCUT2D eigenvalue weighted by Gasteiger charge is 2.23. The number of carbonyl (C=O) groups excluding carboxylic acids is 2. The van der Waals surface area contributed by atoms with E-state index in [0.29, 0.717) is 12.8 Å². The van der Waals surface area contributed by atoms with Gasteiger partial charge in [0, 0.05) is 19.4 Å². The number of nitrogens with one attached hydrogen (secondary N) is 1. The zero-order valence-corrected chi connectivity index (χ0v) is 25.7. The summed E-state index contributed by atoms with van der Waals surface area (Å²) in [5.74, 6) is -0.568. The van der Waals surface area contributed by atoms with Crippen LogP contribution in [0.4, 0.5) is 0 Å². The van der Waals surface area contributed by atoms with Gasteiger partial charge in [0.2, 0.25) is 5.91 Å². The van der Waals surface area contributed by atoms with Gasteiger partial charge in [0.1, 0.15) is 12.7 Å². The van der Waals surface area contributed by atoms with E-state index < -0.39 is 26.5 Å². The van der Waals surface area contributed by atoms with Crippen molar-refractivity contribution < 1.29 is 37.9 Å². The summed E-state index contributed by atoms with van der Waals surface area (Å²) in [6.45, 7) is 3.11. The largest absolute Gasteiger partial charge is 0.472 e. The van der Waals surface area contributed by atoms with Crippen molar-refractivity contribution >= 4 is 19.7 Å². The molecule has 0 heterocycles. The molecular weight excluding hydrogens is 533 g/mol. The average molecular weight is 588 g/mol. The molecule has 1 amide bonds. The number of aliphatic hydroxyl groups excluding tert-OH is 1. The van der Waals surface area contributed by atoms with Crippen LogP contribution in [0.15, 0.2) is 36.5 Å². The van der Waals surface area contributed by atoms with Crippen molar-refractivity contribution in [1.29, 1.82) is 0 Å². The number of aliphatic hydroxyl groups is 1. The third-order valence-electron chi connectivity index (χ3n) is 5.83. The number of amides is 1. The second kappa shape index (κ2) is 27.4. The molecule has 0 spiro atoms. The quantitative estimate of drug-likeness (QED) is 0.0419. The minimum Gasteiger partial charge on any atom is -0.463 e. The van der Waals surface area contributed by atoms with Crippen molar-refractivity contribution in [2.45, 2.75) is 116 Å². The first-order valence-corrected chi connectivity index (χ1v) is 16.5. The van der Waals surface area contributed by atoms with Gasteiger partial charge in [-0.25, -0.2) is 4.57 Å². The summed E-state index contributed by atoms with van der Waals surface area (Å²) in [6.07, 6.45) is 26.2. The number of hydrogen-bond acceptors (Lipinski definition) is 7. The fourth-order valence-electron chi connectivity index (χ4n) is 3.55. The van der Waals surface area contributed by atoms with Gasteiger partial charge >= 0.3 is 13.8 Å². The minimum atomic E-state index is -4.39. The fraction of sp³-hybridized carbons (Fsp3) is 0.733. The monoisotopic (exact) mass is 587 g/mol. The molecule has 0 fully saturated rings. The van der Waals surface area contributed by atoms with Crippen LogP contribution in [0.1, 0.15) is 110 Å². The number of ether oxygens (including phenoxy) is 1. The maximum Gasteiger partial charge on any atom is 0.472 e. The Hall–Kier alpha value is -1.77. The average Bonchev–Trinajstić information content (AvgIpc) is 2.93. The van der Waals surface area contributed by atoms with Crippen LogP contribution in [0.25, 0.3) is 0 Å². The van der Waals surface area contributed by atoms with Gasteiger partial charge in [-0.15, -0.1) is 0 Å². The summed E-state index contributed by atoms with van der Waals surface area (Å²) < 4.78 is 26.2. The van der Waals surface area contributed by atoms with E-state index in [1.807, 2.05) is 6.92 Å². The molecule has 0 aliphatic rings. The molecule has 40 heavy (non-hydrogen) atoms. The van der Waals surface area contributed by atoms with Crippen molar-refractivity contribution in [3.8, 4) is 0 Å². The molecule has 2 atom stereocenters. The number of hydrogen-bond donors (Lipinski definition) is 3. The molecule has 10 heteroatoms. The molecule has 0 aromatic carbocycles. The molecule has 0 rings (SSSR count). The predicted molar refractivity (Wildman–Crippen MR) is 160 cm³/mol. The van der Waals surface area contributed by atoms with E-state index in [1.165, 1.54) is 25.7 Å². The highest BCUT2D eigenvalue weighted by atomic mass is 31.2. The van der Waals surface area contributed by atoms with E-state index >= 15 is 0 Å². The zero-order chi connectivity index (χ0) is 29.7. The minimum absolute atomic E-state index is 0.0748. The number of phosphoric ester groups is 1. The van der Waals surface area contributed by atoms with E-state index in [1.54, 1.807) is 0 Å². The van der Waals surface area contributed by atoms with Crippen LogP contribution in [0.2, 0.25) is 0 Å². The number of allylic oxidation sites excluding steroid dienone is 6. The third-order valence-corrected chi connectivity index (χ3v) is 6.82. The maximum atomic E-state index is 11.9. The Morgan fingerprint density at radius 1 is 0.800 bits per heavy atom. The van der Waals surface area contributed by atoms with E-state index in [9.17, 15) is 24.2 Å². The second-order valence-corrected chi connectivity index (χ2v) is 11.1. The lowest BCUT2D eigenvalue weighted by atomic mass is 10.1. The van der Waals surface area contributed by atoms with Crippen LogP contribution >= 0.6 is 7.82 Å². The first-order valence-electron chi connectivity index (χ1n) is 15.0. The summed E-state index contributed by atoms with van der Waals surface area (Å²) in [7, 11) is -4.39. The third kappa shape index (κ3) is 27.8. The van der Waals surface area contributed by atoms with Crippen LogP contribution in [-0.2, 0) is 27.9 Å². The lowest BCUT2D eigenvalue weighted by Crippen LogP contribution is -2.27. The van der Waals surface area contributed by atoms with Gasteiger partial charge in [-0.2, -0.15) is 0 Å². The number of carbonyl (C=O) groups is 2. The summed E-state index contributed by atoms with van der Waals surface area (Å²) in [5.41, 5.74) is 0. The normalized spacial score (nSPS) is 14.2. The first-order chi connectivity index (χ1) is 19.3. The Balaban J connectivity index is 3.60. The van der Waals surface area contributed by atoms with Gasteiger partial charge in [-0.1, -0.05) is 88.8 Å². The molecule has 0 aliphatic heterocycles. The SMILES string of the molecule is CC/C=C\C/C=C\C/C=C\CCCCCCCCCC(=O)NCCOP(=O)(O)OCC(O)COC(=O)CCCC. The van der Waals surface area contributed by atoms with Crippen LogP contribution in [0, 0.1) is 0 Å². The molecule has 0 aromatic rings. The molecule has 2 unspecified atom stereocenters. The van der Waals surface area contributed by atoms with Gasteiger partial charge in [-0.3, -0.25) is 18.6 Å². The van der Waals surface area contributed by atoms with Gasteiger partial charge in [0.15, 0.2) is 0 Å². The van der Waals surface area contributed by atoms with Crippen LogP contribution < -0.4 is 5.32 Å². The standard InChI is InChI=1S/C30H54NO8P/c1-3-5-7-8-9-10-11-12-13-14-15-16-17-18-19-20-21-22-29(33)31-24-25-38-40(35,36)39-27-28(32)26-37-30(34)23-6-4-2/h5,7,9-10,12-13,28,32H,3-4,6,8,11,14-27H2,1-2H3,(H,31,33)(H,35,36)/b7-5-,10-9-,13-12-. The van der Waals surface area contributed by atoms with Crippen molar-refractivity contribution in [3.05, 3.63) is 36.5 Å². The highest BCUT2D eigenvalue weighted by Crippen LogP contribution is 2.42. The summed E-state index contributed by atoms with van der Waals surface area (Å²) in [4.78, 5) is 33.0. The predicted octanol–water partition coefficient (Wildman–Crippen LogP) is 6.70. The Labute approximate surface area is 242 Å². The Morgan fingerprint density at radius 3 is 2.10 bits per heavy atom. The van der Waals surface area contributed by atoms with Gasteiger partial charge in [0.25, 0.3) is 0 Å². The Bertz CT molecular complexity index is 769. The number of unbranched alkanes of at least 4 members (excludes halogenated alkanes) is 8. The van der Waals surface area contributed by atoms with Crippen molar-refractivity contribution in [1.82, 2.24) is 5.32 Å². The van der Waals surface area contributed by atoms with Gasteiger partial charge in [-0.05, 0) is 44.9 Å². The fourth-order valence-corrected chi connectivity index (χ4v) is 4.30. The summed E-state index contributed by atoms with van der Waals surface area (Å²) >= 11 is 0. The van der Waals surface area contributed by atoms with Crippen LogP contribution in [-0.4, -0.2) is 54.3 Å². The number of rotatable bonds is 27. The topological polar surface area (TPSA) is 131 Å². The molecule has 0 radical (unpaired) electrons. The molecule has 9 nitrogen and oxygen atoms in total. The Kier molecular flexibility index (Phi) is 26.2. The lowest BCUT2D eigenvalue weighted by molar-refractivity contribution is -0.147. The molecule has 232 valence electrons. The molecule has 0 aliphatic carbocycles. The second-order valence-electron chi connectivity index (χ2n) is 9.70. The molecule has 0 saturated heterocycles. The maximum absolute atomic E-state index is 11.9. The van der Waals surface area contributed by atoms with Crippen molar-refractivity contribution in [3.63, 3.8) is 0 Å². The van der Waals surface area contributed by atoms with E-state index in [2.05, 4.69) is 48.7 Å². The molecule has 0 saturated carbocycles. The van der Waals surface area contributed by atoms with Gasteiger partial charge in [0.05, 0.1) is 13.2 Å². The first kappa shape index (κ1) is 38.2. The molecule has 0 bridgehead atoms. The van der Waals surface area contributed by atoms with E-state index in [4.69, 9.17) is 13.8 Å². The number of phosphoric acid groups is 1. The summed E-state index contributed by atoms with van der Waals surface area (Å²) in [6, 6.07) is 0. The van der Waals surface area contributed by atoms with Crippen molar-refractivity contribution in [2.75, 3.05) is 26.4 Å². The van der Waals surface area contributed by atoms with Crippen LogP contribution in [0.3, 0.4) is 0 Å². The smallest absolute Gasteiger partial charge is 0.463 e. The molecule has 3 N–H and O–H groups in total. The number of esters is 1. The van der Waals surface area contributed by atoms with Crippen LogP contribution in [0.5, 0.6) is 0 Å². The zero-order valence-electron chi connectivity index (χ0n) is 24.8. The van der Waals surface area contributed by atoms with E-state index in [-0.39, 0.29) is 32.1 Å². The Morgan fingerprint density at radius 2 is 1.43 bits per heavy atom. The van der Waals surface area contributed by atoms with Crippen molar-refractivity contribution in [2.24, 2.45) is 0 Å². The lowest BCUT2D eigenvalue weighted by Gasteiger charge is -2.15. The molecular formula is C30H54NO8P. The highest BCUT2D eigenvalue weighted by molar-refractivity contribution is 7.47. The molecule has 0 aromatic heterocycles. The van der Waals surface area contributed by atoms with Gasteiger partial charge < -0.3 is 20.1 Å². The van der Waals surface area contributed by atoms with E-state index in [0.717, 1.165) is 51.4 Å². The summed E-state index contributed by atoms with van der Waals surface area (Å²) in [5, 5.41) is 12.4.